The number of nitrogens with one attached hydrogen (secondary N) is 1. The zero-order valence-corrected chi connectivity index (χ0v) is 11.7. The van der Waals surface area contributed by atoms with Crippen LogP contribution in [0.4, 0.5) is 0 Å². The van der Waals surface area contributed by atoms with Gasteiger partial charge in [-0.15, -0.1) is 6.58 Å². The summed E-state index contributed by atoms with van der Waals surface area (Å²) in [6, 6.07) is 4.91. The Balaban J connectivity index is 3.10. The van der Waals surface area contributed by atoms with E-state index < -0.39 is 27.0 Å². The van der Waals surface area contributed by atoms with Crippen molar-refractivity contribution >= 4 is 21.7 Å². The first kappa shape index (κ1) is 15.9. The van der Waals surface area contributed by atoms with Gasteiger partial charge in [0.1, 0.15) is 5.25 Å². The Bertz CT molecular complexity index is 636. The van der Waals surface area contributed by atoms with Crippen LogP contribution in [0.3, 0.4) is 0 Å². The number of amides is 1. The fourth-order valence-corrected chi connectivity index (χ4v) is 2.80. The number of carboxylic acid groups (broad SMARTS) is 1. The molecule has 1 unspecified atom stereocenters. The van der Waals surface area contributed by atoms with E-state index >= 15 is 0 Å². The maximum absolute atomic E-state index is 12.2. The van der Waals surface area contributed by atoms with Crippen LogP contribution in [0, 0.1) is 0 Å². The van der Waals surface area contributed by atoms with Gasteiger partial charge in [0, 0.05) is 6.54 Å². The van der Waals surface area contributed by atoms with Gasteiger partial charge in [-0.05, 0) is 25.1 Å². The standard InChI is InChI=1S/C13H15NO5S/c1-3-7-14-12(15)9(2)20(18,19)11-6-4-5-10(8-11)13(16)17/h3-6,8-9H,1,7H2,2H3,(H,14,15)(H,16,17). The van der Waals surface area contributed by atoms with Crippen molar-refractivity contribution in [2.45, 2.75) is 17.1 Å². The highest BCUT2D eigenvalue weighted by Crippen LogP contribution is 2.17. The molecule has 6 nitrogen and oxygen atoms in total. The summed E-state index contributed by atoms with van der Waals surface area (Å²) in [4.78, 5) is 22.3. The van der Waals surface area contributed by atoms with E-state index in [1.54, 1.807) is 0 Å². The van der Waals surface area contributed by atoms with E-state index in [1.807, 2.05) is 0 Å². The average Bonchev–Trinajstić information content (AvgIpc) is 2.43. The fraction of sp³-hybridized carbons (Fsp3) is 0.231. The van der Waals surface area contributed by atoms with E-state index in [0.717, 1.165) is 6.07 Å². The zero-order chi connectivity index (χ0) is 15.3. The second-order valence-corrected chi connectivity index (χ2v) is 6.32. The number of carboxylic acids is 1. The number of hydrogen-bond acceptors (Lipinski definition) is 4. The number of carbonyl (C=O) groups excluding carboxylic acids is 1. The molecule has 0 bridgehead atoms. The lowest BCUT2D eigenvalue weighted by atomic mass is 10.2. The SMILES string of the molecule is C=CCNC(=O)C(C)S(=O)(=O)c1cccc(C(=O)O)c1. The topological polar surface area (TPSA) is 101 Å². The van der Waals surface area contributed by atoms with Crippen molar-refractivity contribution in [3.8, 4) is 0 Å². The first-order chi connectivity index (χ1) is 9.30. The summed E-state index contributed by atoms with van der Waals surface area (Å²) in [6.07, 6.45) is 1.43. The fourth-order valence-electron chi connectivity index (χ4n) is 1.47. The smallest absolute Gasteiger partial charge is 0.335 e. The first-order valence-corrected chi connectivity index (χ1v) is 7.31. The van der Waals surface area contributed by atoms with Gasteiger partial charge >= 0.3 is 5.97 Å². The highest BCUT2D eigenvalue weighted by atomic mass is 32.2. The summed E-state index contributed by atoms with van der Waals surface area (Å²) in [5.74, 6) is -1.89. The summed E-state index contributed by atoms with van der Waals surface area (Å²) in [5, 5.41) is 9.93. The van der Waals surface area contributed by atoms with Crippen molar-refractivity contribution < 1.29 is 23.1 Å². The number of carbonyl (C=O) groups is 2. The summed E-state index contributed by atoms with van der Waals surface area (Å²) in [5.41, 5.74) is -0.148. The van der Waals surface area contributed by atoms with Crippen molar-refractivity contribution in [1.29, 1.82) is 0 Å². The minimum Gasteiger partial charge on any atom is -0.478 e. The lowest BCUT2D eigenvalue weighted by molar-refractivity contribution is -0.120. The minimum atomic E-state index is -3.93. The molecule has 0 aliphatic rings. The summed E-state index contributed by atoms with van der Waals surface area (Å²) in [6.45, 7) is 4.83. The van der Waals surface area contributed by atoms with Crippen LogP contribution in [-0.4, -0.2) is 37.2 Å². The van der Waals surface area contributed by atoms with Gasteiger partial charge in [-0.25, -0.2) is 13.2 Å². The van der Waals surface area contributed by atoms with Gasteiger partial charge in [-0.2, -0.15) is 0 Å². The third-order valence-corrected chi connectivity index (χ3v) is 4.72. The van der Waals surface area contributed by atoms with Crippen LogP contribution in [-0.2, 0) is 14.6 Å². The van der Waals surface area contributed by atoms with Crippen LogP contribution in [0.25, 0.3) is 0 Å². The van der Waals surface area contributed by atoms with Crippen molar-refractivity contribution in [3.05, 3.63) is 42.5 Å². The van der Waals surface area contributed by atoms with Gasteiger partial charge in [0.2, 0.25) is 5.91 Å². The van der Waals surface area contributed by atoms with Crippen LogP contribution in [0.2, 0.25) is 0 Å². The van der Waals surface area contributed by atoms with Gasteiger partial charge in [0.25, 0.3) is 0 Å². The van der Waals surface area contributed by atoms with Gasteiger partial charge < -0.3 is 10.4 Å². The Kier molecular flexibility index (Phi) is 5.04. The number of rotatable bonds is 6. The Hall–Kier alpha value is -2.15. The molecule has 1 amide bonds. The molecule has 0 radical (unpaired) electrons. The molecule has 0 saturated carbocycles. The molecule has 108 valence electrons. The molecule has 1 rings (SSSR count). The lowest BCUT2D eigenvalue weighted by Gasteiger charge is -2.13. The van der Waals surface area contributed by atoms with Gasteiger partial charge in [-0.1, -0.05) is 12.1 Å². The maximum Gasteiger partial charge on any atom is 0.335 e. The number of hydrogen-bond donors (Lipinski definition) is 2. The van der Waals surface area contributed by atoms with Crippen molar-refractivity contribution in [2.75, 3.05) is 6.54 Å². The molecule has 7 heteroatoms. The lowest BCUT2D eigenvalue weighted by Crippen LogP contribution is -2.38. The van der Waals surface area contributed by atoms with Crippen molar-refractivity contribution in [2.24, 2.45) is 0 Å². The van der Waals surface area contributed by atoms with Crippen LogP contribution >= 0.6 is 0 Å². The molecule has 1 aromatic carbocycles. The molecule has 0 heterocycles. The van der Waals surface area contributed by atoms with Crippen molar-refractivity contribution in [3.63, 3.8) is 0 Å². The molecule has 20 heavy (non-hydrogen) atoms. The molecule has 0 saturated heterocycles. The average molecular weight is 297 g/mol. The number of benzene rings is 1. The van der Waals surface area contributed by atoms with Gasteiger partial charge in [0.15, 0.2) is 9.84 Å². The van der Waals surface area contributed by atoms with E-state index in [0.29, 0.717) is 0 Å². The highest BCUT2D eigenvalue weighted by molar-refractivity contribution is 7.92. The molecular weight excluding hydrogens is 282 g/mol. The van der Waals surface area contributed by atoms with Gasteiger partial charge in [0.05, 0.1) is 10.5 Å². The molecule has 0 aromatic heterocycles. The molecule has 0 aliphatic heterocycles. The van der Waals surface area contributed by atoms with Crippen LogP contribution in [0.1, 0.15) is 17.3 Å². The van der Waals surface area contributed by atoms with Crippen LogP contribution in [0.5, 0.6) is 0 Å². The first-order valence-electron chi connectivity index (χ1n) is 5.76. The Morgan fingerprint density at radius 3 is 2.65 bits per heavy atom. The van der Waals surface area contributed by atoms with E-state index in [-0.39, 0.29) is 17.0 Å². The predicted octanol–water partition coefficient (Wildman–Crippen LogP) is 0.849. The Morgan fingerprint density at radius 1 is 1.45 bits per heavy atom. The van der Waals surface area contributed by atoms with Crippen LogP contribution in [0.15, 0.2) is 41.8 Å². The van der Waals surface area contributed by atoms with E-state index in [1.165, 1.54) is 31.2 Å². The quantitative estimate of drug-likeness (QED) is 0.758. The molecule has 1 aromatic rings. The number of aromatic carboxylic acids is 1. The minimum absolute atomic E-state index is 0.148. The van der Waals surface area contributed by atoms with E-state index in [4.69, 9.17) is 5.11 Å². The van der Waals surface area contributed by atoms with Gasteiger partial charge in [-0.3, -0.25) is 4.79 Å². The molecule has 2 N–H and O–H groups in total. The predicted molar refractivity (Wildman–Crippen MR) is 73.3 cm³/mol. The third kappa shape index (κ3) is 3.45. The maximum atomic E-state index is 12.2. The molecule has 0 aliphatic carbocycles. The Labute approximate surface area is 117 Å². The summed E-state index contributed by atoms with van der Waals surface area (Å²) >= 11 is 0. The van der Waals surface area contributed by atoms with E-state index in [9.17, 15) is 18.0 Å². The van der Waals surface area contributed by atoms with Crippen LogP contribution < -0.4 is 5.32 Å². The second kappa shape index (κ2) is 6.33. The molecular formula is C13H15NO5S. The van der Waals surface area contributed by atoms with E-state index in [2.05, 4.69) is 11.9 Å². The molecule has 0 spiro atoms. The van der Waals surface area contributed by atoms with Crippen molar-refractivity contribution in [1.82, 2.24) is 5.32 Å². The zero-order valence-electron chi connectivity index (χ0n) is 10.9. The largest absolute Gasteiger partial charge is 0.478 e. The summed E-state index contributed by atoms with van der Waals surface area (Å²) in [7, 11) is -3.93. The monoisotopic (exact) mass is 297 g/mol. The molecule has 1 atom stereocenters. The summed E-state index contributed by atoms with van der Waals surface area (Å²) < 4.78 is 24.5. The third-order valence-electron chi connectivity index (χ3n) is 2.66. The number of sulfone groups is 1. The Morgan fingerprint density at radius 2 is 2.10 bits per heavy atom. The second-order valence-electron chi connectivity index (χ2n) is 4.05. The molecule has 0 fully saturated rings. The highest BCUT2D eigenvalue weighted by Gasteiger charge is 2.29. The normalized spacial score (nSPS) is 12.4.